The summed E-state index contributed by atoms with van der Waals surface area (Å²) >= 11 is 1.52. The molecule has 0 aromatic rings. The van der Waals surface area contributed by atoms with Crippen LogP contribution in [0, 0.1) is 0 Å². The lowest BCUT2D eigenvalue weighted by atomic mass is 9.94. The van der Waals surface area contributed by atoms with Gasteiger partial charge in [-0.3, -0.25) is 4.90 Å². The van der Waals surface area contributed by atoms with Crippen molar-refractivity contribution in [1.82, 2.24) is 4.90 Å². The highest BCUT2D eigenvalue weighted by atomic mass is 32.2. The largest absolute Gasteiger partial charge is 0.409 e. The first kappa shape index (κ1) is 13.5. The van der Waals surface area contributed by atoms with E-state index >= 15 is 0 Å². The molecule has 3 N–H and O–H groups in total. The van der Waals surface area contributed by atoms with Crippen molar-refractivity contribution in [3.8, 4) is 0 Å². The smallest absolute Gasteiger partial charge is 0.251 e. The lowest BCUT2D eigenvalue weighted by Crippen LogP contribution is -2.50. The van der Waals surface area contributed by atoms with Gasteiger partial charge in [-0.15, -0.1) is 0 Å². The fourth-order valence-corrected chi connectivity index (χ4v) is 2.79. The van der Waals surface area contributed by atoms with Crippen molar-refractivity contribution in [2.45, 2.75) is 24.0 Å². The number of piperidine rings is 1. The number of rotatable bonds is 4. The summed E-state index contributed by atoms with van der Waals surface area (Å²) in [7, 11) is 0. The van der Waals surface area contributed by atoms with Crippen LogP contribution in [0.1, 0.15) is 12.8 Å². The molecule has 1 heterocycles. The maximum Gasteiger partial charge on any atom is 0.251 e. The van der Waals surface area contributed by atoms with Crippen LogP contribution in [0.3, 0.4) is 0 Å². The Kier molecular flexibility index (Phi) is 4.79. The van der Waals surface area contributed by atoms with Gasteiger partial charge in [0.05, 0.1) is 11.3 Å². The molecule has 0 aromatic carbocycles. The molecular weight excluding hydrogens is 236 g/mol. The Labute approximate surface area is 97.9 Å². The number of nitrogens with zero attached hydrogens (tertiary/aromatic N) is 2. The second kappa shape index (κ2) is 5.67. The average Bonchev–Trinajstić information content (AvgIpc) is 2.28. The van der Waals surface area contributed by atoms with Crippen LogP contribution in [0.5, 0.6) is 0 Å². The third kappa shape index (κ3) is 2.98. The number of amidine groups is 1. The maximum atomic E-state index is 12.2. The zero-order valence-electron chi connectivity index (χ0n) is 9.20. The number of thioether (sulfide) groups is 1. The standard InChI is InChI=1S/C9H17F2N3OS/c1-16-9(8(12)13-15)2-4-14(5-3-9)6-7(10)11/h7,15H,2-6H2,1H3,(H2,12,13). The van der Waals surface area contributed by atoms with Crippen molar-refractivity contribution in [3.05, 3.63) is 0 Å². The molecule has 0 amide bonds. The van der Waals surface area contributed by atoms with Gasteiger partial charge in [0.2, 0.25) is 0 Å². The van der Waals surface area contributed by atoms with Crippen LogP contribution in [0.4, 0.5) is 8.78 Å². The first-order valence-corrected chi connectivity index (χ1v) is 6.30. The van der Waals surface area contributed by atoms with Crippen LogP contribution < -0.4 is 5.73 Å². The van der Waals surface area contributed by atoms with Gasteiger partial charge >= 0.3 is 0 Å². The van der Waals surface area contributed by atoms with Gasteiger partial charge in [0.25, 0.3) is 6.43 Å². The molecule has 1 saturated heterocycles. The summed E-state index contributed by atoms with van der Waals surface area (Å²) in [6, 6.07) is 0. The number of hydrogen-bond acceptors (Lipinski definition) is 4. The average molecular weight is 253 g/mol. The fourth-order valence-electron chi connectivity index (χ4n) is 1.95. The van der Waals surface area contributed by atoms with Crippen LogP contribution in [0.25, 0.3) is 0 Å². The molecule has 0 bridgehead atoms. The summed E-state index contributed by atoms with van der Waals surface area (Å²) < 4.78 is 24.0. The molecule has 0 radical (unpaired) electrons. The monoisotopic (exact) mass is 253 g/mol. The number of oxime groups is 1. The van der Waals surface area contributed by atoms with E-state index in [1.54, 1.807) is 4.90 Å². The van der Waals surface area contributed by atoms with E-state index in [2.05, 4.69) is 5.16 Å². The number of nitrogens with two attached hydrogens (primary N) is 1. The molecule has 16 heavy (non-hydrogen) atoms. The molecule has 0 spiro atoms. The summed E-state index contributed by atoms with van der Waals surface area (Å²) in [5.41, 5.74) is 5.65. The molecule has 1 aliphatic rings. The normalized spacial score (nSPS) is 22.6. The molecule has 0 aliphatic carbocycles. The zero-order chi connectivity index (χ0) is 12.2. The van der Waals surface area contributed by atoms with Crippen molar-refractivity contribution in [3.63, 3.8) is 0 Å². The van der Waals surface area contributed by atoms with Crippen molar-refractivity contribution < 1.29 is 14.0 Å². The Morgan fingerprint density at radius 2 is 2.12 bits per heavy atom. The van der Waals surface area contributed by atoms with E-state index in [0.29, 0.717) is 25.9 Å². The minimum Gasteiger partial charge on any atom is -0.409 e. The Balaban J connectivity index is 2.57. The number of hydrogen-bond donors (Lipinski definition) is 2. The Morgan fingerprint density at radius 3 is 2.50 bits per heavy atom. The van der Waals surface area contributed by atoms with E-state index < -0.39 is 11.2 Å². The molecule has 1 rings (SSSR count). The minimum atomic E-state index is -2.30. The molecule has 4 nitrogen and oxygen atoms in total. The molecule has 0 saturated carbocycles. The van der Waals surface area contributed by atoms with E-state index in [-0.39, 0.29) is 12.4 Å². The van der Waals surface area contributed by atoms with E-state index in [4.69, 9.17) is 10.9 Å². The quantitative estimate of drug-likeness (QED) is 0.342. The van der Waals surface area contributed by atoms with Crippen molar-refractivity contribution in [2.75, 3.05) is 25.9 Å². The molecule has 94 valence electrons. The van der Waals surface area contributed by atoms with E-state index in [1.165, 1.54) is 11.8 Å². The molecule has 0 aromatic heterocycles. The summed E-state index contributed by atoms with van der Waals surface area (Å²) in [6.07, 6.45) is 0.861. The first-order chi connectivity index (χ1) is 7.54. The first-order valence-electron chi connectivity index (χ1n) is 5.08. The van der Waals surface area contributed by atoms with Gasteiger partial charge in [-0.2, -0.15) is 11.8 Å². The van der Waals surface area contributed by atoms with Gasteiger partial charge < -0.3 is 10.9 Å². The van der Waals surface area contributed by atoms with Crippen LogP contribution >= 0.6 is 11.8 Å². The Hall–Kier alpha value is -0.560. The minimum absolute atomic E-state index is 0.191. The molecule has 1 aliphatic heterocycles. The second-order valence-electron chi connectivity index (χ2n) is 3.88. The van der Waals surface area contributed by atoms with Gasteiger partial charge in [0.15, 0.2) is 5.84 Å². The number of alkyl halides is 2. The van der Waals surface area contributed by atoms with Gasteiger partial charge in [0, 0.05) is 13.1 Å². The third-order valence-electron chi connectivity index (χ3n) is 3.03. The van der Waals surface area contributed by atoms with Gasteiger partial charge in [-0.25, -0.2) is 8.78 Å². The third-order valence-corrected chi connectivity index (χ3v) is 4.42. The lowest BCUT2D eigenvalue weighted by molar-refractivity contribution is 0.0768. The summed E-state index contributed by atoms with van der Waals surface area (Å²) in [5, 5.41) is 11.8. The molecule has 0 atom stereocenters. The van der Waals surface area contributed by atoms with E-state index in [0.717, 1.165) is 0 Å². The van der Waals surface area contributed by atoms with Crippen LogP contribution in [-0.2, 0) is 0 Å². The zero-order valence-corrected chi connectivity index (χ0v) is 10.0. The molecule has 0 unspecified atom stereocenters. The fraction of sp³-hybridized carbons (Fsp3) is 0.889. The summed E-state index contributed by atoms with van der Waals surface area (Å²) in [4.78, 5) is 1.71. The Bertz CT molecular complexity index is 255. The van der Waals surface area contributed by atoms with Crippen LogP contribution in [0.2, 0.25) is 0 Å². The predicted octanol–water partition coefficient (Wildman–Crippen LogP) is 1.20. The highest BCUT2D eigenvalue weighted by molar-refractivity contribution is 8.00. The van der Waals surface area contributed by atoms with Gasteiger partial charge in [-0.05, 0) is 19.1 Å². The van der Waals surface area contributed by atoms with Gasteiger partial charge in [0.1, 0.15) is 0 Å². The highest BCUT2D eigenvalue weighted by Gasteiger charge is 2.38. The maximum absolute atomic E-state index is 12.2. The summed E-state index contributed by atoms with van der Waals surface area (Å²) in [5.74, 6) is 0.191. The summed E-state index contributed by atoms with van der Waals surface area (Å²) in [6.45, 7) is 0.920. The molecule has 7 heteroatoms. The lowest BCUT2D eigenvalue weighted by Gasteiger charge is -2.39. The molecular formula is C9H17F2N3OS. The van der Waals surface area contributed by atoms with E-state index in [1.807, 2.05) is 6.26 Å². The van der Waals surface area contributed by atoms with Crippen molar-refractivity contribution in [1.29, 1.82) is 0 Å². The number of likely N-dealkylation sites (tertiary alicyclic amines) is 1. The van der Waals surface area contributed by atoms with Crippen molar-refractivity contribution >= 4 is 17.6 Å². The van der Waals surface area contributed by atoms with E-state index in [9.17, 15) is 8.78 Å². The SMILES string of the molecule is CSC1(C(N)=NO)CCN(CC(F)F)CC1. The predicted molar refractivity (Wildman–Crippen MR) is 61.3 cm³/mol. The van der Waals surface area contributed by atoms with Crippen molar-refractivity contribution in [2.24, 2.45) is 10.9 Å². The highest BCUT2D eigenvalue weighted by Crippen LogP contribution is 2.34. The molecule has 1 fully saturated rings. The van der Waals surface area contributed by atoms with Crippen LogP contribution in [-0.4, -0.2) is 53.0 Å². The van der Waals surface area contributed by atoms with Crippen LogP contribution in [0.15, 0.2) is 5.16 Å². The topological polar surface area (TPSA) is 61.9 Å². The number of halogens is 2. The second-order valence-corrected chi connectivity index (χ2v) is 5.07. The Morgan fingerprint density at radius 1 is 1.56 bits per heavy atom. The van der Waals surface area contributed by atoms with Gasteiger partial charge in [-0.1, -0.05) is 5.16 Å².